The predicted molar refractivity (Wildman–Crippen MR) is 96.7 cm³/mol. The maximum atomic E-state index is 11.9. The van der Waals surface area contributed by atoms with E-state index >= 15 is 0 Å². The number of hydrogen-bond acceptors (Lipinski definition) is 2. The molecule has 122 valence electrons. The van der Waals surface area contributed by atoms with Crippen LogP contribution >= 0.6 is 0 Å². The minimum atomic E-state index is 0.0408. The molecule has 3 nitrogen and oxygen atoms in total. The van der Waals surface area contributed by atoms with Crippen LogP contribution in [0, 0.1) is 6.92 Å². The van der Waals surface area contributed by atoms with E-state index in [2.05, 4.69) is 67.8 Å². The molecule has 0 saturated carbocycles. The number of nitrogens with one attached hydrogen (secondary N) is 2. The Morgan fingerprint density at radius 2 is 1.83 bits per heavy atom. The Balaban J connectivity index is 1.70. The lowest BCUT2D eigenvalue weighted by Gasteiger charge is -2.09. The SMILES string of the molecule is Cc1cccc(CNCCC(=O)Nc2ccc(C(C)C)cc2)c1. The molecule has 3 heteroatoms. The van der Waals surface area contributed by atoms with E-state index in [1.165, 1.54) is 16.7 Å². The largest absolute Gasteiger partial charge is 0.326 e. The zero-order valence-corrected chi connectivity index (χ0v) is 14.2. The van der Waals surface area contributed by atoms with Gasteiger partial charge in [0, 0.05) is 25.2 Å². The van der Waals surface area contributed by atoms with Crippen LogP contribution in [-0.2, 0) is 11.3 Å². The molecule has 0 fully saturated rings. The van der Waals surface area contributed by atoms with Crippen molar-refractivity contribution in [1.29, 1.82) is 0 Å². The van der Waals surface area contributed by atoms with Gasteiger partial charge in [0.2, 0.25) is 5.91 Å². The summed E-state index contributed by atoms with van der Waals surface area (Å²) in [6.45, 7) is 7.87. The monoisotopic (exact) mass is 310 g/mol. The van der Waals surface area contributed by atoms with Crippen molar-refractivity contribution in [2.24, 2.45) is 0 Å². The van der Waals surface area contributed by atoms with Gasteiger partial charge in [0.15, 0.2) is 0 Å². The average molecular weight is 310 g/mol. The van der Waals surface area contributed by atoms with Crippen molar-refractivity contribution < 1.29 is 4.79 Å². The van der Waals surface area contributed by atoms with Crippen molar-refractivity contribution in [3.8, 4) is 0 Å². The number of carbonyl (C=O) groups excluding carboxylic acids is 1. The molecule has 0 aliphatic carbocycles. The number of carbonyl (C=O) groups is 1. The van der Waals surface area contributed by atoms with Gasteiger partial charge in [-0.1, -0.05) is 55.8 Å². The molecule has 0 unspecified atom stereocenters. The summed E-state index contributed by atoms with van der Waals surface area (Å²) < 4.78 is 0. The van der Waals surface area contributed by atoms with E-state index in [0.29, 0.717) is 18.9 Å². The van der Waals surface area contributed by atoms with E-state index in [0.717, 1.165) is 12.2 Å². The Labute approximate surface area is 139 Å². The normalized spacial score (nSPS) is 10.8. The molecular formula is C20H26N2O. The molecule has 2 aromatic carbocycles. The maximum Gasteiger partial charge on any atom is 0.225 e. The molecule has 2 rings (SSSR count). The van der Waals surface area contributed by atoms with Crippen LogP contribution in [0.3, 0.4) is 0 Å². The number of amides is 1. The topological polar surface area (TPSA) is 41.1 Å². The second kappa shape index (κ2) is 8.49. The summed E-state index contributed by atoms with van der Waals surface area (Å²) in [7, 11) is 0. The molecule has 0 spiro atoms. The molecule has 23 heavy (non-hydrogen) atoms. The van der Waals surface area contributed by atoms with Crippen molar-refractivity contribution in [3.05, 3.63) is 65.2 Å². The molecule has 2 N–H and O–H groups in total. The smallest absolute Gasteiger partial charge is 0.225 e. The first kappa shape index (κ1) is 17.2. The molecule has 0 atom stereocenters. The summed E-state index contributed by atoms with van der Waals surface area (Å²) in [5.74, 6) is 0.546. The molecule has 1 amide bonds. The van der Waals surface area contributed by atoms with E-state index in [4.69, 9.17) is 0 Å². The van der Waals surface area contributed by atoms with Crippen molar-refractivity contribution in [3.63, 3.8) is 0 Å². The van der Waals surface area contributed by atoms with E-state index in [9.17, 15) is 4.79 Å². The summed E-state index contributed by atoms with van der Waals surface area (Å²) in [6.07, 6.45) is 0.470. The fourth-order valence-electron chi connectivity index (χ4n) is 2.43. The molecule has 0 radical (unpaired) electrons. The van der Waals surface area contributed by atoms with Crippen molar-refractivity contribution in [2.75, 3.05) is 11.9 Å². The minimum absolute atomic E-state index is 0.0408. The van der Waals surface area contributed by atoms with Crippen LogP contribution in [0.2, 0.25) is 0 Å². The van der Waals surface area contributed by atoms with Gasteiger partial charge in [-0.05, 0) is 36.1 Å². The summed E-state index contributed by atoms with van der Waals surface area (Å²) in [5, 5.41) is 6.25. The molecule has 0 heterocycles. The third-order valence-electron chi connectivity index (χ3n) is 3.80. The summed E-state index contributed by atoms with van der Waals surface area (Å²) in [4.78, 5) is 11.9. The number of rotatable bonds is 7. The Morgan fingerprint density at radius 3 is 2.48 bits per heavy atom. The highest BCUT2D eigenvalue weighted by molar-refractivity contribution is 5.90. The van der Waals surface area contributed by atoms with Gasteiger partial charge in [-0.15, -0.1) is 0 Å². The molecule has 0 aliphatic heterocycles. The average Bonchev–Trinajstić information content (AvgIpc) is 2.52. The van der Waals surface area contributed by atoms with Crippen molar-refractivity contribution in [2.45, 2.75) is 39.7 Å². The fraction of sp³-hybridized carbons (Fsp3) is 0.350. The van der Waals surface area contributed by atoms with Gasteiger partial charge in [-0.2, -0.15) is 0 Å². The minimum Gasteiger partial charge on any atom is -0.326 e. The number of aryl methyl sites for hydroxylation is 1. The lowest BCUT2D eigenvalue weighted by atomic mass is 10.0. The van der Waals surface area contributed by atoms with Gasteiger partial charge < -0.3 is 10.6 Å². The predicted octanol–water partition coefficient (Wildman–Crippen LogP) is 4.24. The van der Waals surface area contributed by atoms with Crippen LogP contribution in [0.1, 0.15) is 42.9 Å². The van der Waals surface area contributed by atoms with E-state index in [1.807, 2.05) is 12.1 Å². The first-order valence-electron chi connectivity index (χ1n) is 8.20. The molecule has 0 aromatic heterocycles. The van der Waals surface area contributed by atoms with Gasteiger partial charge >= 0.3 is 0 Å². The van der Waals surface area contributed by atoms with Crippen LogP contribution in [-0.4, -0.2) is 12.5 Å². The van der Waals surface area contributed by atoms with E-state index in [-0.39, 0.29) is 5.91 Å². The molecule has 0 bridgehead atoms. The summed E-state index contributed by atoms with van der Waals surface area (Å²) in [6, 6.07) is 16.5. The van der Waals surface area contributed by atoms with Crippen LogP contribution in [0.5, 0.6) is 0 Å². The first-order valence-corrected chi connectivity index (χ1v) is 8.20. The maximum absolute atomic E-state index is 11.9. The number of benzene rings is 2. The van der Waals surface area contributed by atoms with Crippen molar-refractivity contribution >= 4 is 11.6 Å². The first-order chi connectivity index (χ1) is 11.0. The quantitative estimate of drug-likeness (QED) is 0.751. The third-order valence-corrected chi connectivity index (χ3v) is 3.80. The highest BCUT2D eigenvalue weighted by atomic mass is 16.1. The lowest BCUT2D eigenvalue weighted by Crippen LogP contribution is -2.21. The van der Waals surface area contributed by atoms with Gasteiger partial charge in [0.05, 0.1) is 0 Å². The Bertz CT molecular complexity index is 632. The number of hydrogen-bond donors (Lipinski definition) is 2. The Morgan fingerprint density at radius 1 is 1.09 bits per heavy atom. The highest BCUT2D eigenvalue weighted by Gasteiger charge is 2.03. The van der Waals surface area contributed by atoms with Gasteiger partial charge in [-0.3, -0.25) is 4.79 Å². The van der Waals surface area contributed by atoms with Gasteiger partial charge in [0.25, 0.3) is 0 Å². The third kappa shape index (κ3) is 5.87. The second-order valence-corrected chi connectivity index (χ2v) is 6.24. The standard InChI is InChI=1S/C20H26N2O/c1-15(2)18-7-9-19(10-8-18)22-20(23)11-12-21-14-17-6-4-5-16(3)13-17/h4-10,13,15,21H,11-12,14H2,1-3H3,(H,22,23). The zero-order chi connectivity index (χ0) is 16.7. The second-order valence-electron chi connectivity index (χ2n) is 6.24. The molecular weight excluding hydrogens is 284 g/mol. The fourth-order valence-corrected chi connectivity index (χ4v) is 2.43. The van der Waals surface area contributed by atoms with Gasteiger partial charge in [-0.25, -0.2) is 0 Å². The Kier molecular flexibility index (Phi) is 6.36. The van der Waals surface area contributed by atoms with Gasteiger partial charge in [0.1, 0.15) is 0 Å². The number of anilines is 1. The van der Waals surface area contributed by atoms with E-state index in [1.54, 1.807) is 0 Å². The summed E-state index contributed by atoms with van der Waals surface area (Å²) in [5.41, 5.74) is 4.64. The van der Waals surface area contributed by atoms with Crippen molar-refractivity contribution in [1.82, 2.24) is 5.32 Å². The van der Waals surface area contributed by atoms with Crippen LogP contribution in [0.15, 0.2) is 48.5 Å². The summed E-state index contributed by atoms with van der Waals surface area (Å²) >= 11 is 0. The van der Waals surface area contributed by atoms with E-state index < -0.39 is 0 Å². The Hall–Kier alpha value is -2.13. The van der Waals surface area contributed by atoms with Crippen LogP contribution in [0.25, 0.3) is 0 Å². The zero-order valence-electron chi connectivity index (χ0n) is 14.2. The molecule has 0 aliphatic rings. The lowest BCUT2D eigenvalue weighted by molar-refractivity contribution is -0.116. The van der Waals surface area contributed by atoms with Crippen LogP contribution < -0.4 is 10.6 Å². The molecule has 0 saturated heterocycles. The highest BCUT2D eigenvalue weighted by Crippen LogP contribution is 2.17. The molecule has 2 aromatic rings. The van der Waals surface area contributed by atoms with Crippen LogP contribution in [0.4, 0.5) is 5.69 Å².